The van der Waals surface area contributed by atoms with Crippen molar-refractivity contribution in [2.45, 2.75) is 101 Å². The number of urea groups is 1. The molecule has 4 fully saturated rings. The van der Waals surface area contributed by atoms with Crippen molar-refractivity contribution < 1.29 is 23.9 Å². The molecule has 4 saturated heterocycles. The average Bonchev–Trinajstić information content (AvgIpc) is 3.87. The summed E-state index contributed by atoms with van der Waals surface area (Å²) in [7, 11) is 0. The highest BCUT2D eigenvalue weighted by Crippen LogP contribution is 2.50. The van der Waals surface area contributed by atoms with Gasteiger partial charge in [0, 0.05) is 60.7 Å². The van der Waals surface area contributed by atoms with Crippen LogP contribution in [0.25, 0.3) is 16.6 Å². The van der Waals surface area contributed by atoms with Crippen molar-refractivity contribution >= 4 is 46.3 Å². The third-order valence-corrected chi connectivity index (χ3v) is 15.6. The topological polar surface area (TPSA) is 137 Å². The minimum absolute atomic E-state index is 0.126. The molecule has 0 radical (unpaired) electrons. The molecule has 1 atom stereocenters. The predicted octanol–water partition coefficient (Wildman–Crippen LogP) is 5.63. The standard InChI is InChI=1S/C47H50ClN7O6/c1-46(2)32-8-6-28(24-37(32)55-35-5-3-4-34(48)39(35)42(58)50-44(46)55)27-12-18-51(19-13-27)29-14-20-52(21-15-29)45(60)53-22-16-47(17-23-53)26-61-40-31-25-54(36-10-11-38(56)49-41(36)57)43(59)30(31)7-9-33(40)47/h3-9,24,27,29,36H,10-23,25-26H2,1-2H3,(H,49,56,57)/t36-/m0/s1. The van der Waals surface area contributed by atoms with Gasteiger partial charge in [0.25, 0.3) is 11.5 Å². The smallest absolute Gasteiger partial charge is 0.320 e. The molecule has 5 amide bonds. The molecule has 7 aliphatic rings. The lowest BCUT2D eigenvalue weighted by molar-refractivity contribution is -0.136. The second-order valence-electron chi connectivity index (χ2n) is 18.8. The number of hydrogen-bond donors (Lipinski definition) is 1. The molecule has 8 heterocycles. The quantitative estimate of drug-likeness (QED) is 0.262. The van der Waals surface area contributed by atoms with E-state index in [1.54, 1.807) is 11.0 Å². The monoisotopic (exact) mass is 843 g/mol. The SMILES string of the molecule is CC1(C)c2ccc(C3CCN(C4CCN(C(=O)N5CCC6(CC5)COc5c6ccc6c5CN([C@H]5CCC(=O)NC5=O)C6=O)CC4)CC3)cc2-n2c1nc(=O)c1c(Cl)cccc12. The van der Waals surface area contributed by atoms with Crippen LogP contribution in [-0.2, 0) is 27.0 Å². The number of benzene rings is 3. The maximum absolute atomic E-state index is 13.9. The van der Waals surface area contributed by atoms with E-state index in [0.29, 0.717) is 54.0 Å². The van der Waals surface area contributed by atoms with E-state index in [1.807, 2.05) is 34.1 Å². The fraction of sp³-hybridized carbons (Fsp3) is 0.489. The second-order valence-corrected chi connectivity index (χ2v) is 19.3. The van der Waals surface area contributed by atoms with Gasteiger partial charge >= 0.3 is 6.03 Å². The number of likely N-dealkylation sites (tertiary alicyclic amines) is 3. The van der Waals surface area contributed by atoms with E-state index in [1.165, 1.54) is 11.1 Å². The zero-order valence-corrected chi connectivity index (χ0v) is 35.4. The molecule has 1 N–H and O–H groups in total. The molecule has 0 bridgehead atoms. The number of carbonyl (C=O) groups is 4. The van der Waals surface area contributed by atoms with Crippen molar-refractivity contribution in [3.63, 3.8) is 0 Å². The van der Waals surface area contributed by atoms with E-state index in [-0.39, 0.29) is 41.8 Å². The van der Waals surface area contributed by atoms with Gasteiger partial charge in [0.1, 0.15) is 17.6 Å². The third kappa shape index (κ3) is 5.96. The first-order valence-corrected chi connectivity index (χ1v) is 22.4. The predicted molar refractivity (Wildman–Crippen MR) is 228 cm³/mol. The van der Waals surface area contributed by atoms with Crippen LogP contribution in [0.3, 0.4) is 0 Å². The number of carbonyl (C=O) groups excluding carboxylic acids is 4. The Morgan fingerprint density at radius 1 is 0.869 bits per heavy atom. The first-order chi connectivity index (χ1) is 29.4. The van der Waals surface area contributed by atoms with Crippen molar-refractivity contribution in [1.82, 2.24) is 34.5 Å². The van der Waals surface area contributed by atoms with E-state index < -0.39 is 17.4 Å². The molecule has 7 aliphatic heterocycles. The summed E-state index contributed by atoms with van der Waals surface area (Å²) < 4.78 is 8.51. The maximum atomic E-state index is 13.9. The number of halogens is 1. The normalized spacial score (nSPS) is 23.6. The van der Waals surface area contributed by atoms with Crippen LogP contribution >= 0.6 is 11.6 Å². The van der Waals surface area contributed by atoms with Crippen molar-refractivity contribution in [1.29, 1.82) is 0 Å². The molecule has 3 aromatic carbocycles. The van der Waals surface area contributed by atoms with Gasteiger partial charge in [-0.25, -0.2) is 4.79 Å². The number of piperidine rings is 4. The van der Waals surface area contributed by atoms with Gasteiger partial charge in [-0.1, -0.05) is 35.9 Å². The Kier molecular flexibility index (Phi) is 8.95. The van der Waals surface area contributed by atoms with E-state index in [0.717, 1.165) is 98.6 Å². The van der Waals surface area contributed by atoms with Crippen LogP contribution in [0.15, 0.2) is 53.3 Å². The third-order valence-electron chi connectivity index (χ3n) is 15.3. The Morgan fingerprint density at radius 2 is 1.61 bits per heavy atom. The molecule has 316 valence electrons. The molecule has 0 saturated carbocycles. The van der Waals surface area contributed by atoms with E-state index in [9.17, 15) is 24.0 Å². The fourth-order valence-corrected chi connectivity index (χ4v) is 12.0. The summed E-state index contributed by atoms with van der Waals surface area (Å²) in [5, 5.41) is 3.27. The van der Waals surface area contributed by atoms with Crippen molar-refractivity contribution in [3.05, 3.63) is 97.5 Å². The molecule has 0 unspecified atom stereocenters. The molecule has 14 heteroatoms. The van der Waals surface area contributed by atoms with Crippen LogP contribution in [0.5, 0.6) is 5.75 Å². The van der Waals surface area contributed by atoms with Gasteiger partial charge in [0.2, 0.25) is 11.8 Å². The van der Waals surface area contributed by atoms with E-state index in [2.05, 4.69) is 51.8 Å². The minimum Gasteiger partial charge on any atom is -0.492 e. The lowest BCUT2D eigenvalue weighted by Crippen LogP contribution is -2.54. The Labute approximate surface area is 359 Å². The summed E-state index contributed by atoms with van der Waals surface area (Å²) >= 11 is 6.52. The molecule has 1 aromatic heterocycles. The maximum Gasteiger partial charge on any atom is 0.320 e. The molecule has 61 heavy (non-hydrogen) atoms. The highest BCUT2D eigenvalue weighted by atomic mass is 35.5. The van der Waals surface area contributed by atoms with Gasteiger partial charge in [-0.15, -0.1) is 0 Å². The lowest BCUT2D eigenvalue weighted by atomic mass is 9.74. The van der Waals surface area contributed by atoms with Crippen molar-refractivity contribution in [3.8, 4) is 11.4 Å². The van der Waals surface area contributed by atoms with Gasteiger partial charge < -0.3 is 24.3 Å². The molecule has 11 rings (SSSR count). The number of amides is 5. The summed E-state index contributed by atoms with van der Waals surface area (Å²) in [4.78, 5) is 77.6. The minimum atomic E-state index is -0.666. The zero-order chi connectivity index (χ0) is 41.9. The van der Waals surface area contributed by atoms with Gasteiger partial charge in [-0.2, -0.15) is 4.98 Å². The van der Waals surface area contributed by atoms with Gasteiger partial charge in [0.15, 0.2) is 0 Å². The van der Waals surface area contributed by atoms with Crippen molar-refractivity contribution in [2.24, 2.45) is 0 Å². The number of imide groups is 1. The number of nitrogens with one attached hydrogen (secondary N) is 1. The molecular weight excluding hydrogens is 794 g/mol. The van der Waals surface area contributed by atoms with Crippen LogP contribution in [0.4, 0.5) is 4.79 Å². The largest absolute Gasteiger partial charge is 0.492 e. The van der Waals surface area contributed by atoms with E-state index in [4.69, 9.17) is 16.3 Å². The highest BCUT2D eigenvalue weighted by Gasteiger charge is 2.49. The van der Waals surface area contributed by atoms with Gasteiger partial charge in [-0.05, 0) is 113 Å². The Balaban J connectivity index is 0.696. The highest BCUT2D eigenvalue weighted by molar-refractivity contribution is 6.35. The number of fused-ring (bicyclic) bond motifs is 9. The van der Waals surface area contributed by atoms with Gasteiger partial charge in [-0.3, -0.25) is 29.1 Å². The number of rotatable bonds is 3. The van der Waals surface area contributed by atoms with E-state index >= 15 is 0 Å². The summed E-state index contributed by atoms with van der Waals surface area (Å²) in [5.41, 5.74) is 5.95. The van der Waals surface area contributed by atoms with Crippen LogP contribution in [-0.4, -0.2) is 111 Å². The van der Waals surface area contributed by atoms with Crippen molar-refractivity contribution in [2.75, 3.05) is 45.9 Å². The molecule has 4 aromatic rings. The fourth-order valence-electron chi connectivity index (χ4n) is 11.8. The number of hydrogen-bond acceptors (Lipinski definition) is 8. The zero-order valence-electron chi connectivity index (χ0n) is 34.7. The molecule has 13 nitrogen and oxygen atoms in total. The summed E-state index contributed by atoms with van der Waals surface area (Å²) in [5.74, 6) is 1.03. The Hall–Kier alpha value is -5.27. The molecule has 0 aliphatic carbocycles. The summed E-state index contributed by atoms with van der Waals surface area (Å²) in [6, 6.07) is 16.3. The van der Waals surface area contributed by atoms with Crippen LogP contribution in [0.1, 0.15) is 110 Å². The Morgan fingerprint density at radius 3 is 2.36 bits per heavy atom. The number of aromatic nitrogens is 2. The summed E-state index contributed by atoms with van der Waals surface area (Å²) in [6.07, 6.45) is 6.21. The van der Waals surface area contributed by atoms with Crippen LogP contribution in [0.2, 0.25) is 5.02 Å². The lowest BCUT2D eigenvalue weighted by Gasteiger charge is -2.44. The second kappa shape index (κ2) is 14.1. The Bertz CT molecular complexity index is 2620. The van der Waals surface area contributed by atoms with Gasteiger partial charge in [0.05, 0.1) is 40.2 Å². The summed E-state index contributed by atoms with van der Waals surface area (Å²) in [6.45, 7) is 9.95. The number of nitrogens with zero attached hydrogens (tertiary/aromatic N) is 6. The first-order valence-electron chi connectivity index (χ1n) is 22.0. The molecular formula is C47H50ClN7O6. The van der Waals surface area contributed by atoms with Crippen LogP contribution < -0.4 is 15.6 Å². The molecule has 1 spiro atoms. The van der Waals surface area contributed by atoms with Crippen LogP contribution in [0, 0.1) is 0 Å². The average molecular weight is 844 g/mol. The first kappa shape index (κ1) is 38.6. The number of ether oxygens (including phenoxy) is 1.